The van der Waals surface area contributed by atoms with Crippen molar-refractivity contribution in [2.75, 3.05) is 12.8 Å². The average molecular weight is 310 g/mol. The zero-order valence-electron chi connectivity index (χ0n) is 11.0. The quantitative estimate of drug-likeness (QED) is 0.507. The number of imidazole rings is 1. The third-order valence-electron chi connectivity index (χ3n) is 2.84. The number of nitrogens with zero attached hydrogens (tertiary/aromatic N) is 3. The molecule has 0 saturated carbocycles. The lowest BCUT2D eigenvalue weighted by molar-refractivity contribution is -0.384. The molecule has 2 aromatic rings. The van der Waals surface area contributed by atoms with Gasteiger partial charge in [-0.2, -0.15) is 0 Å². The van der Waals surface area contributed by atoms with Gasteiger partial charge in [-0.3, -0.25) is 14.9 Å². The second-order valence-electron chi connectivity index (χ2n) is 4.34. The van der Waals surface area contributed by atoms with Gasteiger partial charge in [0, 0.05) is 31.6 Å². The molecule has 1 aromatic carbocycles. The van der Waals surface area contributed by atoms with Gasteiger partial charge in [-0.1, -0.05) is 11.6 Å². The highest BCUT2D eigenvalue weighted by Gasteiger charge is 2.21. The van der Waals surface area contributed by atoms with Crippen LogP contribution in [-0.2, 0) is 6.54 Å². The lowest BCUT2D eigenvalue weighted by Gasteiger charge is -2.17. The summed E-state index contributed by atoms with van der Waals surface area (Å²) >= 11 is 5.84. The summed E-state index contributed by atoms with van der Waals surface area (Å²) in [7, 11) is 1.54. The molecule has 1 heterocycles. The minimum Gasteiger partial charge on any atom is -0.397 e. The summed E-state index contributed by atoms with van der Waals surface area (Å²) in [4.78, 5) is 30.7. The van der Waals surface area contributed by atoms with Crippen LogP contribution in [0.3, 0.4) is 0 Å². The number of aromatic amines is 1. The molecule has 0 fully saturated rings. The fraction of sp³-hybridized carbons (Fsp3) is 0.167. The predicted molar refractivity (Wildman–Crippen MR) is 76.9 cm³/mol. The third kappa shape index (κ3) is 3.11. The normalized spacial score (nSPS) is 10.4. The first kappa shape index (κ1) is 14.8. The molecular weight excluding hydrogens is 298 g/mol. The van der Waals surface area contributed by atoms with E-state index < -0.39 is 10.8 Å². The lowest BCUT2D eigenvalue weighted by Crippen LogP contribution is -2.27. The summed E-state index contributed by atoms with van der Waals surface area (Å²) in [5, 5.41) is 10.8. The molecule has 3 N–H and O–H groups in total. The molecule has 9 heteroatoms. The Balaban J connectivity index is 2.31. The van der Waals surface area contributed by atoms with Crippen molar-refractivity contribution < 1.29 is 9.72 Å². The molecule has 0 unspecified atom stereocenters. The number of aromatic nitrogens is 2. The molecule has 110 valence electrons. The van der Waals surface area contributed by atoms with Crippen LogP contribution in [-0.4, -0.2) is 32.7 Å². The topological polar surface area (TPSA) is 118 Å². The van der Waals surface area contributed by atoms with Gasteiger partial charge in [-0.15, -0.1) is 0 Å². The second kappa shape index (κ2) is 5.80. The second-order valence-corrected chi connectivity index (χ2v) is 4.75. The highest BCUT2D eigenvalue weighted by atomic mass is 35.5. The molecule has 0 aliphatic carbocycles. The number of amides is 1. The van der Waals surface area contributed by atoms with Crippen molar-refractivity contribution in [1.29, 1.82) is 0 Å². The molecule has 0 bridgehead atoms. The van der Waals surface area contributed by atoms with Crippen molar-refractivity contribution >= 4 is 28.9 Å². The number of rotatable bonds is 4. The molecule has 0 atom stereocenters. The summed E-state index contributed by atoms with van der Waals surface area (Å²) in [6.45, 7) is 0.214. The maximum Gasteiger partial charge on any atom is 0.271 e. The van der Waals surface area contributed by atoms with Crippen molar-refractivity contribution in [3.63, 3.8) is 0 Å². The molecule has 0 radical (unpaired) electrons. The summed E-state index contributed by atoms with van der Waals surface area (Å²) in [5.74, 6) is 0.107. The van der Waals surface area contributed by atoms with Crippen LogP contribution in [0.2, 0.25) is 5.02 Å². The molecule has 0 spiro atoms. The number of carbonyl (C=O) groups is 1. The highest BCUT2D eigenvalue weighted by molar-refractivity contribution is 6.34. The number of nitrogen functional groups attached to an aromatic ring is 1. The SMILES string of the molecule is CN(Cc1ncc[nH]1)C(=O)c1cc([N+](=O)[O-])cc(Cl)c1N. The molecule has 8 nitrogen and oxygen atoms in total. The number of halogens is 1. The van der Waals surface area contributed by atoms with E-state index in [4.69, 9.17) is 17.3 Å². The average Bonchev–Trinajstić information content (AvgIpc) is 2.93. The van der Waals surface area contributed by atoms with Gasteiger partial charge < -0.3 is 15.6 Å². The van der Waals surface area contributed by atoms with Crippen LogP contribution in [0, 0.1) is 10.1 Å². The van der Waals surface area contributed by atoms with Crippen LogP contribution in [0.15, 0.2) is 24.5 Å². The van der Waals surface area contributed by atoms with Crippen molar-refractivity contribution in [1.82, 2.24) is 14.9 Å². The largest absolute Gasteiger partial charge is 0.397 e. The van der Waals surface area contributed by atoms with Crippen LogP contribution >= 0.6 is 11.6 Å². The van der Waals surface area contributed by atoms with Gasteiger partial charge in [-0.05, 0) is 0 Å². The van der Waals surface area contributed by atoms with E-state index in [1.165, 1.54) is 11.9 Å². The van der Waals surface area contributed by atoms with E-state index in [0.29, 0.717) is 5.82 Å². The van der Waals surface area contributed by atoms with Gasteiger partial charge in [0.25, 0.3) is 11.6 Å². The van der Waals surface area contributed by atoms with E-state index in [9.17, 15) is 14.9 Å². The zero-order valence-corrected chi connectivity index (χ0v) is 11.8. The molecular formula is C12H12ClN5O3. The third-order valence-corrected chi connectivity index (χ3v) is 3.16. The number of nitrogens with two attached hydrogens (primary N) is 1. The number of H-pyrrole nitrogens is 1. The summed E-state index contributed by atoms with van der Waals surface area (Å²) < 4.78 is 0. The van der Waals surface area contributed by atoms with E-state index in [2.05, 4.69) is 9.97 Å². The van der Waals surface area contributed by atoms with E-state index in [-0.39, 0.29) is 28.5 Å². The zero-order chi connectivity index (χ0) is 15.6. The fourth-order valence-corrected chi connectivity index (χ4v) is 1.99. The number of carbonyl (C=O) groups excluding carboxylic acids is 1. The Bertz CT molecular complexity index is 686. The number of benzene rings is 1. The van der Waals surface area contributed by atoms with Crippen molar-refractivity contribution in [2.24, 2.45) is 0 Å². The monoisotopic (exact) mass is 309 g/mol. The smallest absolute Gasteiger partial charge is 0.271 e. The molecule has 0 aliphatic rings. The Hall–Kier alpha value is -2.61. The summed E-state index contributed by atoms with van der Waals surface area (Å²) in [6.07, 6.45) is 3.19. The Morgan fingerprint density at radius 2 is 2.29 bits per heavy atom. The minimum absolute atomic E-state index is 0.0109. The van der Waals surface area contributed by atoms with E-state index in [0.717, 1.165) is 12.1 Å². The maximum absolute atomic E-state index is 12.3. The lowest BCUT2D eigenvalue weighted by atomic mass is 10.1. The number of hydrogen-bond acceptors (Lipinski definition) is 5. The Kier molecular flexibility index (Phi) is 4.08. The highest BCUT2D eigenvalue weighted by Crippen LogP contribution is 2.29. The Morgan fingerprint density at radius 3 is 2.86 bits per heavy atom. The van der Waals surface area contributed by atoms with Gasteiger partial charge in [0.15, 0.2) is 0 Å². The molecule has 0 aliphatic heterocycles. The Morgan fingerprint density at radius 1 is 1.57 bits per heavy atom. The summed E-state index contributed by atoms with van der Waals surface area (Å²) in [6, 6.07) is 2.22. The van der Waals surface area contributed by atoms with Crippen LogP contribution in [0.5, 0.6) is 0 Å². The molecule has 1 amide bonds. The van der Waals surface area contributed by atoms with E-state index >= 15 is 0 Å². The number of anilines is 1. The number of hydrogen-bond donors (Lipinski definition) is 2. The van der Waals surface area contributed by atoms with E-state index in [1.54, 1.807) is 12.4 Å². The van der Waals surface area contributed by atoms with Crippen LogP contribution in [0.25, 0.3) is 0 Å². The van der Waals surface area contributed by atoms with Crippen LogP contribution in [0.4, 0.5) is 11.4 Å². The first-order valence-electron chi connectivity index (χ1n) is 5.87. The molecule has 0 saturated heterocycles. The van der Waals surface area contributed by atoms with E-state index in [1.807, 2.05) is 0 Å². The van der Waals surface area contributed by atoms with Gasteiger partial charge in [0.1, 0.15) is 5.82 Å². The fourth-order valence-electron chi connectivity index (χ4n) is 1.77. The van der Waals surface area contributed by atoms with Gasteiger partial charge in [-0.25, -0.2) is 4.98 Å². The van der Waals surface area contributed by atoms with Crippen molar-refractivity contribution in [3.8, 4) is 0 Å². The van der Waals surface area contributed by atoms with Crippen LogP contribution < -0.4 is 5.73 Å². The predicted octanol–water partition coefficient (Wildman–Crippen LogP) is 1.83. The van der Waals surface area contributed by atoms with Gasteiger partial charge in [0.2, 0.25) is 0 Å². The van der Waals surface area contributed by atoms with Crippen molar-refractivity contribution in [3.05, 3.63) is 51.1 Å². The first-order chi connectivity index (χ1) is 9.90. The van der Waals surface area contributed by atoms with Gasteiger partial charge >= 0.3 is 0 Å². The molecule has 21 heavy (non-hydrogen) atoms. The number of nitro benzene ring substituents is 1. The molecule has 2 rings (SSSR count). The first-order valence-corrected chi connectivity index (χ1v) is 6.25. The Labute approximate surface area is 124 Å². The van der Waals surface area contributed by atoms with Crippen molar-refractivity contribution in [2.45, 2.75) is 6.54 Å². The standard InChI is InChI=1S/C12H12ClN5O3/c1-17(6-10-15-2-3-16-10)12(19)8-4-7(18(20)21)5-9(13)11(8)14/h2-5H,6,14H2,1H3,(H,15,16). The van der Waals surface area contributed by atoms with Crippen LogP contribution in [0.1, 0.15) is 16.2 Å². The molecule has 1 aromatic heterocycles. The number of non-ortho nitro benzene ring substituents is 1. The summed E-state index contributed by atoms with van der Waals surface area (Å²) in [5.41, 5.74) is 5.45. The maximum atomic E-state index is 12.3. The van der Waals surface area contributed by atoms with Gasteiger partial charge in [0.05, 0.1) is 27.7 Å². The number of nitrogens with one attached hydrogen (secondary N) is 1. The minimum atomic E-state index is -0.630. The number of nitro groups is 1.